The van der Waals surface area contributed by atoms with E-state index < -0.39 is 16.1 Å². The van der Waals surface area contributed by atoms with E-state index in [-0.39, 0.29) is 10.7 Å². The highest BCUT2D eigenvalue weighted by atomic mass is 32.2. The van der Waals surface area contributed by atoms with E-state index >= 15 is 0 Å². The van der Waals surface area contributed by atoms with Crippen molar-refractivity contribution in [3.63, 3.8) is 0 Å². The summed E-state index contributed by atoms with van der Waals surface area (Å²) in [7, 11) is -3.59. The first kappa shape index (κ1) is 13.7. The Bertz CT molecular complexity index is 656. The smallest absolute Gasteiger partial charge is 0.207 e. The van der Waals surface area contributed by atoms with E-state index in [4.69, 9.17) is 0 Å². The summed E-state index contributed by atoms with van der Waals surface area (Å²) in [6.45, 7) is 1.68. The molecule has 5 heteroatoms. The molecule has 0 unspecified atom stereocenters. The summed E-state index contributed by atoms with van der Waals surface area (Å²) in [6.07, 6.45) is 0. The number of benzene rings is 2. The molecule has 0 heterocycles. The molecule has 0 saturated carbocycles. The highest BCUT2D eigenvalue weighted by Crippen LogP contribution is 2.17. The zero-order valence-electron chi connectivity index (χ0n) is 10.4. The van der Waals surface area contributed by atoms with E-state index in [9.17, 15) is 12.8 Å². The van der Waals surface area contributed by atoms with E-state index in [1.807, 2.05) is 0 Å². The van der Waals surface area contributed by atoms with Gasteiger partial charge in [0, 0.05) is 6.04 Å². The van der Waals surface area contributed by atoms with Crippen LogP contribution in [0.5, 0.6) is 0 Å². The van der Waals surface area contributed by atoms with E-state index in [0.29, 0.717) is 5.56 Å². The third-order valence-electron chi connectivity index (χ3n) is 2.73. The van der Waals surface area contributed by atoms with Gasteiger partial charge in [0.2, 0.25) is 10.0 Å². The number of nitrogens with one attached hydrogen (secondary N) is 1. The third kappa shape index (κ3) is 3.39. The lowest BCUT2D eigenvalue weighted by Crippen LogP contribution is -2.26. The van der Waals surface area contributed by atoms with Crippen molar-refractivity contribution in [3.8, 4) is 0 Å². The molecule has 2 aromatic carbocycles. The molecule has 0 aliphatic heterocycles. The first-order valence-corrected chi connectivity index (χ1v) is 7.30. The highest BCUT2D eigenvalue weighted by molar-refractivity contribution is 7.89. The average molecular weight is 279 g/mol. The molecule has 0 aromatic heterocycles. The number of hydrogen-bond acceptors (Lipinski definition) is 2. The van der Waals surface area contributed by atoms with Crippen molar-refractivity contribution in [2.75, 3.05) is 0 Å². The predicted octanol–water partition coefficient (Wildman–Crippen LogP) is 2.87. The summed E-state index contributed by atoms with van der Waals surface area (Å²) in [5.41, 5.74) is 0.583. The SMILES string of the molecule is C[C@H](NS(=O)(=O)c1ccccc1)c1cccc(F)c1. The Hall–Kier alpha value is -1.72. The van der Waals surface area contributed by atoms with Crippen LogP contribution in [0.25, 0.3) is 0 Å². The maximum atomic E-state index is 13.1. The van der Waals surface area contributed by atoms with Crippen LogP contribution in [0, 0.1) is 5.82 Å². The summed E-state index contributed by atoms with van der Waals surface area (Å²) >= 11 is 0. The first-order valence-electron chi connectivity index (χ1n) is 5.82. The molecule has 0 bridgehead atoms. The van der Waals surface area contributed by atoms with Gasteiger partial charge in [0.15, 0.2) is 0 Å². The summed E-state index contributed by atoms with van der Waals surface area (Å²) in [6, 6.07) is 13.5. The quantitative estimate of drug-likeness (QED) is 0.935. The zero-order valence-corrected chi connectivity index (χ0v) is 11.2. The Morgan fingerprint density at radius 2 is 1.74 bits per heavy atom. The van der Waals surface area contributed by atoms with Crippen LogP contribution >= 0.6 is 0 Å². The van der Waals surface area contributed by atoms with Crippen molar-refractivity contribution in [1.82, 2.24) is 4.72 Å². The van der Waals surface area contributed by atoms with E-state index in [2.05, 4.69) is 4.72 Å². The second-order valence-electron chi connectivity index (χ2n) is 4.21. The Morgan fingerprint density at radius 3 is 2.37 bits per heavy atom. The highest BCUT2D eigenvalue weighted by Gasteiger charge is 2.17. The molecule has 2 rings (SSSR count). The van der Waals surface area contributed by atoms with Crippen LogP contribution in [-0.4, -0.2) is 8.42 Å². The maximum Gasteiger partial charge on any atom is 0.241 e. The summed E-state index contributed by atoms with van der Waals surface area (Å²) < 4.78 is 39.8. The van der Waals surface area contributed by atoms with Gasteiger partial charge in [-0.3, -0.25) is 0 Å². The van der Waals surface area contributed by atoms with Crippen molar-refractivity contribution in [3.05, 3.63) is 66.0 Å². The van der Waals surface area contributed by atoms with Crippen LogP contribution < -0.4 is 4.72 Å². The van der Waals surface area contributed by atoms with Crippen LogP contribution in [0.2, 0.25) is 0 Å². The van der Waals surface area contributed by atoms with Gasteiger partial charge in [-0.25, -0.2) is 17.5 Å². The van der Waals surface area contributed by atoms with Gasteiger partial charge in [0.25, 0.3) is 0 Å². The van der Waals surface area contributed by atoms with E-state index in [1.54, 1.807) is 37.3 Å². The topological polar surface area (TPSA) is 46.2 Å². The van der Waals surface area contributed by atoms with Gasteiger partial charge in [-0.15, -0.1) is 0 Å². The second kappa shape index (κ2) is 5.50. The van der Waals surface area contributed by atoms with Crippen molar-refractivity contribution < 1.29 is 12.8 Å². The lowest BCUT2D eigenvalue weighted by molar-refractivity contribution is 0.564. The predicted molar refractivity (Wildman–Crippen MR) is 71.6 cm³/mol. The molecule has 100 valence electrons. The van der Waals surface area contributed by atoms with E-state index in [0.717, 1.165) is 0 Å². The minimum atomic E-state index is -3.59. The first-order chi connectivity index (χ1) is 8.99. The van der Waals surface area contributed by atoms with Crippen LogP contribution in [0.1, 0.15) is 18.5 Å². The zero-order chi connectivity index (χ0) is 13.9. The van der Waals surface area contributed by atoms with Crippen molar-refractivity contribution in [2.24, 2.45) is 0 Å². The maximum absolute atomic E-state index is 13.1. The molecule has 0 saturated heterocycles. The molecule has 0 spiro atoms. The molecular formula is C14H14FNO2S. The van der Waals surface area contributed by atoms with Crippen LogP contribution in [0.15, 0.2) is 59.5 Å². The number of sulfonamides is 1. The summed E-state index contributed by atoms with van der Waals surface area (Å²) in [4.78, 5) is 0.193. The van der Waals surface area contributed by atoms with Gasteiger partial charge < -0.3 is 0 Å². The Balaban J connectivity index is 2.22. The fourth-order valence-electron chi connectivity index (χ4n) is 1.74. The molecular weight excluding hydrogens is 265 g/mol. The van der Waals surface area contributed by atoms with Gasteiger partial charge in [0.1, 0.15) is 5.82 Å². The van der Waals surface area contributed by atoms with Gasteiger partial charge in [-0.05, 0) is 36.8 Å². The monoisotopic (exact) mass is 279 g/mol. The van der Waals surface area contributed by atoms with Crippen molar-refractivity contribution in [2.45, 2.75) is 17.9 Å². The molecule has 0 fully saturated rings. The van der Waals surface area contributed by atoms with Gasteiger partial charge in [-0.2, -0.15) is 0 Å². The summed E-state index contributed by atoms with van der Waals surface area (Å²) in [5, 5.41) is 0. The van der Waals surface area contributed by atoms with Crippen molar-refractivity contribution in [1.29, 1.82) is 0 Å². The Kier molecular flexibility index (Phi) is 3.97. The molecule has 0 aliphatic rings. The van der Waals surface area contributed by atoms with Crippen LogP contribution in [0.3, 0.4) is 0 Å². The van der Waals surface area contributed by atoms with E-state index in [1.165, 1.54) is 24.3 Å². The third-order valence-corrected chi connectivity index (χ3v) is 4.29. The number of halogens is 1. The molecule has 2 aromatic rings. The fourth-order valence-corrected chi connectivity index (χ4v) is 3.00. The van der Waals surface area contributed by atoms with Gasteiger partial charge in [-0.1, -0.05) is 30.3 Å². The minimum Gasteiger partial charge on any atom is -0.207 e. The molecule has 0 aliphatic carbocycles. The lowest BCUT2D eigenvalue weighted by atomic mass is 10.1. The molecule has 0 radical (unpaired) electrons. The average Bonchev–Trinajstić information content (AvgIpc) is 2.39. The molecule has 1 N–H and O–H groups in total. The lowest BCUT2D eigenvalue weighted by Gasteiger charge is -2.14. The van der Waals surface area contributed by atoms with Crippen molar-refractivity contribution >= 4 is 10.0 Å². The fraction of sp³-hybridized carbons (Fsp3) is 0.143. The molecule has 0 amide bonds. The molecule has 3 nitrogen and oxygen atoms in total. The summed E-state index contributed by atoms with van der Waals surface area (Å²) in [5.74, 6) is -0.386. The van der Waals surface area contributed by atoms with Gasteiger partial charge >= 0.3 is 0 Å². The second-order valence-corrected chi connectivity index (χ2v) is 5.93. The molecule has 1 atom stereocenters. The Morgan fingerprint density at radius 1 is 1.05 bits per heavy atom. The minimum absolute atomic E-state index is 0.193. The Labute approximate surface area is 112 Å². The molecule has 19 heavy (non-hydrogen) atoms. The van der Waals surface area contributed by atoms with Crippen LogP contribution in [0.4, 0.5) is 4.39 Å². The number of hydrogen-bond donors (Lipinski definition) is 1. The van der Waals surface area contributed by atoms with Crippen LogP contribution in [-0.2, 0) is 10.0 Å². The standard InChI is InChI=1S/C14H14FNO2S/c1-11(12-6-5-7-13(15)10-12)16-19(17,18)14-8-3-2-4-9-14/h2-11,16H,1H3/t11-/m0/s1. The normalized spacial score (nSPS) is 13.2. The largest absolute Gasteiger partial charge is 0.241 e. The van der Waals surface area contributed by atoms with Gasteiger partial charge in [0.05, 0.1) is 4.90 Å². The number of rotatable bonds is 4.